The summed E-state index contributed by atoms with van der Waals surface area (Å²) in [5.74, 6) is 0. The number of aryl methyl sites for hydroxylation is 1. The molecule has 0 bridgehead atoms. The van der Waals surface area contributed by atoms with Crippen molar-refractivity contribution in [1.82, 2.24) is 10.3 Å². The summed E-state index contributed by atoms with van der Waals surface area (Å²) in [5.41, 5.74) is 3.99. The van der Waals surface area contributed by atoms with E-state index in [0.717, 1.165) is 23.5 Å². The summed E-state index contributed by atoms with van der Waals surface area (Å²) < 4.78 is 0. The van der Waals surface area contributed by atoms with E-state index in [2.05, 4.69) is 30.2 Å². The number of benzene rings is 1. The molecule has 0 aliphatic rings. The van der Waals surface area contributed by atoms with Crippen LogP contribution < -0.4 is 5.32 Å². The second-order valence-corrected chi connectivity index (χ2v) is 5.94. The normalized spacial score (nSPS) is 11.1. The summed E-state index contributed by atoms with van der Waals surface area (Å²) in [6.45, 7) is 7.10. The minimum Gasteiger partial charge on any atom is -0.310 e. The fourth-order valence-corrected chi connectivity index (χ4v) is 2.44. The zero-order chi connectivity index (χ0) is 14.7. The van der Waals surface area contributed by atoms with Crippen LogP contribution in [0.1, 0.15) is 25.1 Å². The van der Waals surface area contributed by atoms with Gasteiger partial charge in [0, 0.05) is 28.9 Å². The molecule has 0 radical (unpaired) electrons. The topological polar surface area (TPSA) is 24.9 Å². The van der Waals surface area contributed by atoms with Gasteiger partial charge < -0.3 is 5.32 Å². The molecule has 2 nitrogen and oxygen atoms in total. The number of halogens is 2. The van der Waals surface area contributed by atoms with E-state index in [4.69, 9.17) is 23.2 Å². The van der Waals surface area contributed by atoms with E-state index in [1.807, 2.05) is 25.1 Å². The second kappa shape index (κ2) is 6.57. The third-order valence-corrected chi connectivity index (χ3v) is 3.65. The molecule has 0 saturated heterocycles. The predicted molar refractivity (Wildman–Crippen MR) is 86.4 cm³/mol. The van der Waals surface area contributed by atoms with Crippen molar-refractivity contribution in [2.75, 3.05) is 0 Å². The quantitative estimate of drug-likeness (QED) is 0.872. The molecule has 1 heterocycles. The van der Waals surface area contributed by atoms with Crippen LogP contribution >= 0.6 is 23.2 Å². The van der Waals surface area contributed by atoms with Crippen LogP contribution in [0.4, 0.5) is 0 Å². The maximum atomic E-state index is 6.22. The van der Waals surface area contributed by atoms with Crippen LogP contribution in [0.15, 0.2) is 30.3 Å². The number of nitrogens with one attached hydrogen (secondary N) is 1. The highest BCUT2D eigenvalue weighted by Gasteiger charge is 2.08. The number of pyridine rings is 1. The zero-order valence-electron chi connectivity index (χ0n) is 11.9. The van der Waals surface area contributed by atoms with Crippen LogP contribution in [0.3, 0.4) is 0 Å². The Morgan fingerprint density at radius 2 is 1.90 bits per heavy atom. The summed E-state index contributed by atoms with van der Waals surface area (Å²) in [6, 6.07) is 10.0. The third-order valence-electron chi connectivity index (χ3n) is 3.10. The zero-order valence-corrected chi connectivity index (χ0v) is 13.4. The van der Waals surface area contributed by atoms with Gasteiger partial charge in [0.2, 0.25) is 0 Å². The maximum absolute atomic E-state index is 6.22. The Balaban J connectivity index is 2.28. The van der Waals surface area contributed by atoms with Gasteiger partial charge in [-0.25, -0.2) is 0 Å². The Morgan fingerprint density at radius 3 is 2.50 bits per heavy atom. The number of nitrogens with zero attached hydrogens (tertiary/aromatic N) is 1. The van der Waals surface area contributed by atoms with Gasteiger partial charge >= 0.3 is 0 Å². The van der Waals surface area contributed by atoms with Crippen LogP contribution in [-0.2, 0) is 6.54 Å². The predicted octanol–water partition coefficient (Wildman–Crippen LogP) is 4.86. The Labute approximate surface area is 130 Å². The molecule has 2 rings (SSSR count). The lowest BCUT2D eigenvalue weighted by Crippen LogP contribution is -2.22. The molecule has 1 aromatic carbocycles. The first-order chi connectivity index (χ1) is 9.47. The maximum Gasteiger partial charge on any atom is 0.0720 e. The third kappa shape index (κ3) is 3.72. The number of aromatic nitrogens is 1. The highest BCUT2D eigenvalue weighted by molar-refractivity contribution is 6.36. The monoisotopic (exact) mass is 308 g/mol. The van der Waals surface area contributed by atoms with Crippen molar-refractivity contribution in [3.63, 3.8) is 0 Å². The lowest BCUT2D eigenvalue weighted by molar-refractivity contribution is 0.586. The summed E-state index contributed by atoms with van der Waals surface area (Å²) in [7, 11) is 0. The van der Waals surface area contributed by atoms with Crippen molar-refractivity contribution in [3.8, 4) is 11.3 Å². The molecule has 20 heavy (non-hydrogen) atoms. The van der Waals surface area contributed by atoms with E-state index >= 15 is 0 Å². The Morgan fingerprint density at radius 1 is 1.15 bits per heavy atom. The smallest absolute Gasteiger partial charge is 0.0720 e. The van der Waals surface area contributed by atoms with Crippen LogP contribution in [0.2, 0.25) is 10.0 Å². The highest BCUT2D eigenvalue weighted by atomic mass is 35.5. The van der Waals surface area contributed by atoms with Gasteiger partial charge in [-0.1, -0.05) is 43.1 Å². The Kier molecular flexibility index (Phi) is 5.03. The molecule has 1 N–H and O–H groups in total. The standard InChI is InChI=1S/C16H18Cl2N2/c1-10(2)19-9-12-4-7-16(20-11(12)3)14-6-5-13(17)8-15(14)18/h4-8,10,19H,9H2,1-3H3. The van der Waals surface area contributed by atoms with Gasteiger partial charge in [0.15, 0.2) is 0 Å². The first-order valence-electron chi connectivity index (χ1n) is 6.62. The van der Waals surface area contributed by atoms with E-state index in [0.29, 0.717) is 16.1 Å². The lowest BCUT2D eigenvalue weighted by atomic mass is 10.1. The van der Waals surface area contributed by atoms with Crippen molar-refractivity contribution in [2.24, 2.45) is 0 Å². The largest absolute Gasteiger partial charge is 0.310 e. The molecule has 0 aliphatic carbocycles. The molecule has 0 spiro atoms. The van der Waals surface area contributed by atoms with E-state index in [9.17, 15) is 0 Å². The number of rotatable bonds is 4. The summed E-state index contributed by atoms with van der Waals surface area (Å²) in [4.78, 5) is 4.64. The number of hydrogen-bond donors (Lipinski definition) is 1. The molecule has 4 heteroatoms. The second-order valence-electron chi connectivity index (χ2n) is 5.10. The minimum absolute atomic E-state index is 0.458. The molecule has 0 saturated carbocycles. The van der Waals surface area contributed by atoms with Crippen molar-refractivity contribution in [3.05, 3.63) is 51.6 Å². The Bertz CT molecular complexity index is 609. The van der Waals surface area contributed by atoms with Gasteiger partial charge in [0.05, 0.1) is 10.7 Å². The Hall–Kier alpha value is -1.09. The highest BCUT2D eigenvalue weighted by Crippen LogP contribution is 2.29. The molecule has 2 aromatic rings. The summed E-state index contributed by atoms with van der Waals surface area (Å²) in [5, 5.41) is 4.65. The summed E-state index contributed by atoms with van der Waals surface area (Å²) in [6.07, 6.45) is 0. The SMILES string of the molecule is Cc1nc(-c2ccc(Cl)cc2Cl)ccc1CNC(C)C. The van der Waals surface area contributed by atoms with E-state index in [1.165, 1.54) is 5.56 Å². The molecular formula is C16H18Cl2N2. The van der Waals surface area contributed by atoms with Gasteiger partial charge in [0.25, 0.3) is 0 Å². The lowest BCUT2D eigenvalue weighted by Gasteiger charge is -2.12. The minimum atomic E-state index is 0.458. The van der Waals surface area contributed by atoms with Crippen LogP contribution in [0.25, 0.3) is 11.3 Å². The molecule has 0 amide bonds. The number of hydrogen-bond acceptors (Lipinski definition) is 2. The van der Waals surface area contributed by atoms with Crippen molar-refractivity contribution in [2.45, 2.75) is 33.4 Å². The van der Waals surface area contributed by atoms with Gasteiger partial charge in [-0.3, -0.25) is 4.98 Å². The van der Waals surface area contributed by atoms with Crippen molar-refractivity contribution >= 4 is 23.2 Å². The van der Waals surface area contributed by atoms with Crippen molar-refractivity contribution < 1.29 is 0 Å². The van der Waals surface area contributed by atoms with Gasteiger partial charge in [-0.2, -0.15) is 0 Å². The molecule has 0 fully saturated rings. The molecule has 0 unspecified atom stereocenters. The molecular weight excluding hydrogens is 291 g/mol. The molecule has 0 aliphatic heterocycles. The average molecular weight is 309 g/mol. The van der Waals surface area contributed by atoms with Crippen LogP contribution in [0.5, 0.6) is 0 Å². The fourth-order valence-electron chi connectivity index (χ4n) is 1.94. The van der Waals surface area contributed by atoms with Gasteiger partial charge in [-0.05, 0) is 36.8 Å². The molecule has 1 aromatic heterocycles. The van der Waals surface area contributed by atoms with E-state index in [-0.39, 0.29) is 0 Å². The van der Waals surface area contributed by atoms with Crippen LogP contribution in [-0.4, -0.2) is 11.0 Å². The first kappa shape index (κ1) is 15.3. The average Bonchev–Trinajstić information content (AvgIpc) is 2.37. The van der Waals surface area contributed by atoms with Gasteiger partial charge in [-0.15, -0.1) is 0 Å². The van der Waals surface area contributed by atoms with Crippen LogP contribution in [0, 0.1) is 6.92 Å². The molecule has 106 valence electrons. The fraction of sp³-hybridized carbons (Fsp3) is 0.312. The first-order valence-corrected chi connectivity index (χ1v) is 7.38. The summed E-state index contributed by atoms with van der Waals surface area (Å²) >= 11 is 12.1. The van der Waals surface area contributed by atoms with Gasteiger partial charge in [0.1, 0.15) is 0 Å². The van der Waals surface area contributed by atoms with E-state index in [1.54, 1.807) is 6.07 Å². The van der Waals surface area contributed by atoms with Crippen molar-refractivity contribution in [1.29, 1.82) is 0 Å². The molecule has 0 atom stereocenters. The van der Waals surface area contributed by atoms with E-state index < -0.39 is 0 Å².